The van der Waals surface area contributed by atoms with Crippen LogP contribution in [0.5, 0.6) is 0 Å². The van der Waals surface area contributed by atoms with Crippen LogP contribution in [0.4, 0.5) is 0 Å². The van der Waals surface area contributed by atoms with Crippen LogP contribution in [-0.4, -0.2) is 19.3 Å². The van der Waals surface area contributed by atoms with Crippen LogP contribution in [0.2, 0.25) is 0 Å². The molecule has 1 aliphatic rings. The summed E-state index contributed by atoms with van der Waals surface area (Å²) in [5.74, 6) is 0. The van der Waals surface area contributed by atoms with Gasteiger partial charge in [0.1, 0.15) is 0 Å². The van der Waals surface area contributed by atoms with Gasteiger partial charge in [-0.15, -0.1) is 0 Å². The second kappa shape index (κ2) is 3.02. The lowest BCUT2D eigenvalue weighted by molar-refractivity contribution is 0.619. The van der Waals surface area contributed by atoms with Gasteiger partial charge in [-0.05, 0) is 6.42 Å². The molecule has 0 amide bonds. The third kappa shape index (κ3) is 1.43. The molecule has 1 heterocycles. The van der Waals surface area contributed by atoms with E-state index < -0.39 is 0 Å². The fraction of sp³-hybridized carbons (Fsp3) is 0.800. The lowest BCUT2D eigenvalue weighted by Gasteiger charge is -2.03. The number of nitrogens with two attached hydrogens (primary N) is 1. The summed E-state index contributed by atoms with van der Waals surface area (Å²) in [7, 11) is 0. The van der Waals surface area contributed by atoms with Crippen LogP contribution in [0.3, 0.4) is 0 Å². The molecule has 1 saturated heterocycles. The van der Waals surface area contributed by atoms with Crippen molar-refractivity contribution < 1.29 is 0 Å². The first kappa shape index (κ1) is 6.01. The van der Waals surface area contributed by atoms with Gasteiger partial charge in [-0.1, -0.05) is 0 Å². The highest BCUT2D eigenvalue weighted by Crippen LogP contribution is 1.93. The zero-order valence-corrected chi connectivity index (χ0v) is 4.85. The smallest absolute Gasteiger partial charge is 0.0457 e. The third-order valence-electron chi connectivity index (χ3n) is 1.33. The molecule has 0 aromatic rings. The second-order valence-corrected chi connectivity index (χ2v) is 2.00. The van der Waals surface area contributed by atoms with E-state index in [0.717, 1.165) is 19.6 Å². The first-order valence-electron chi connectivity index (χ1n) is 2.91. The van der Waals surface area contributed by atoms with E-state index >= 15 is 0 Å². The topological polar surface area (TPSA) is 50.1 Å². The fourth-order valence-electron chi connectivity index (χ4n) is 0.866. The van der Waals surface area contributed by atoms with E-state index in [1.165, 1.54) is 0 Å². The molecular weight excluding hydrogens is 102 g/mol. The average molecular weight is 114 g/mol. The zero-order chi connectivity index (χ0) is 5.82. The van der Waals surface area contributed by atoms with Crippen LogP contribution < -0.4 is 16.4 Å². The molecule has 1 rings (SSSR count). The maximum Gasteiger partial charge on any atom is 0.0457 e. The van der Waals surface area contributed by atoms with Crippen molar-refractivity contribution in [3.63, 3.8) is 0 Å². The van der Waals surface area contributed by atoms with Crippen molar-refractivity contribution in [2.45, 2.75) is 12.5 Å². The minimum absolute atomic E-state index is 0.569. The Morgan fingerprint density at radius 1 is 1.75 bits per heavy atom. The predicted molar refractivity (Wildman–Crippen MR) is 32.9 cm³/mol. The second-order valence-electron chi connectivity index (χ2n) is 2.00. The molecule has 4 N–H and O–H groups in total. The van der Waals surface area contributed by atoms with Crippen molar-refractivity contribution >= 4 is 0 Å². The van der Waals surface area contributed by atoms with Gasteiger partial charge in [0.05, 0.1) is 0 Å². The Kier molecular flexibility index (Phi) is 2.27. The molecule has 8 heavy (non-hydrogen) atoms. The van der Waals surface area contributed by atoms with Gasteiger partial charge in [-0.25, -0.2) is 0 Å². The Bertz CT molecular complexity index is 58.7. The maximum absolute atomic E-state index is 5.22. The van der Waals surface area contributed by atoms with Crippen LogP contribution in [0, 0.1) is 6.54 Å². The van der Waals surface area contributed by atoms with Gasteiger partial charge in [0.2, 0.25) is 0 Å². The molecule has 0 aromatic heterocycles. The molecule has 1 radical (unpaired) electrons. The Morgan fingerprint density at radius 3 is 3.12 bits per heavy atom. The highest BCUT2D eigenvalue weighted by molar-refractivity contribution is 4.78. The van der Waals surface area contributed by atoms with Crippen LogP contribution >= 0.6 is 0 Å². The molecular formula is C5H12N3. The van der Waals surface area contributed by atoms with E-state index in [-0.39, 0.29) is 0 Å². The van der Waals surface area contributed by atoms with Crippen LogP contribution in [0.1, 0.15) is 6.42 Å². The van der Waals surface area contributed by atoms with E-state index in [4.69, 9.17) is 5.73 Å². The molecule has 1 aliphatic heterocycles. The van der Waals surface area contributed by atoms with Gasteiger partial charge in [0.25, 0.3) is 0 Å². The Balaban J connectivity index is 2.06. The van der Waals surface area contributed by atoms with Crippen molar-refractivity contribution in [1.82, 2.24) is 10.6 Å². The summed E-state index contributed by atoms with van der Waals surface area (Å²) in [4.78, 5) is 0. The fourth-order valence-corrected chi connectivity index (χ4v) is 0.866. The number of hydrogen-bond donors (Lipinski definition) is 3. The normalized spacial score (nSPS) is 28.9. The minimum atomic E-state index is 0.569. The summed E-state index contributed by atoms with van der Waals surface area (Å²) in [6.07, 6.45) is 0.965. The molecule has 0 spiro atoms. The van der Waals surface area contributed by atoms with Gasteiger partial charge >= 0.3 is 0 Å². The summed E-state index contributed by atoms with van der Waals surface area (Å²) in [6.45, 7) is 3.68. The largest absolute Gasteiger partial charge is 0.326 e. The molecule has 47 valence electrons. The summed E-state index contributed by atoms with van der Waals surface area (Å²) in [5, 5.41) is 6.41. The predicted octanol–water partition coefficient (Wildman–Crippen LogP) is -0.984. The molecule has 0 saturated carbocycles. The van der Waals surface area contributed by atoms with Crippen molar-refractivity contribution in [3.8, 4) is 0 Å². The highest BCUT2D eigenvalue weighted by Gasteiger charge is 2.10. The van der Waals surface area contributed by atoms with E-state index in [1.807, 2.05) is 0 Å². The quantitative estimate of drug-likeness (QED) is 0.432. The summed E-state index contributed by atoms with van der Waals surface area (Å²) in [6, 6.07) is 0.569. The van der Waals surface area contributed by atoms with Crippen LogP contribution in [0.25, 0.3) is 0 Å². The Labute approximate surface area is 49.6 Å². The lowest BCUT2D eigenvalue weighted by Crippen LogP contribution is -2.24. The summed E-state index contributed by atoms with van der Waals surface area (Å²) in [5.41, 5.74) is 5.22. The van der Waals surface area contributed by atoms with E-state index in [1.54, 1.807) is 6.54 Å². The van der Waals surface area contributed by atoms with E-state index in [0.29, 0.717) is 6.04 Å². The summed E-state index contributed by atoms with van der Waals surface area (Å²) >= 11 is 0. The first-order chi connectivity index (χ1) is 3.93. The van der Waals surface area contributed by atoms with Gasteiger partial charge < -0.3 is 16.4 Å². The molecule has 0 aromatic carbocycles. The Hall–Kier alpha value is -0.120. The molecule has 1 atom stereocenters. The first-order valence-corrected chi connectivity index (χ1v) is 2.91. The molecule has 3 nitrogen and oxygen atoms in total. The third-order valence-corrected chi connectivity index (χ3v) is 1.33. The number of nitrogens with one attached hydrogen (secondary N) is 2. The van der Waals surface area contributed by atoms with Gasteiger partial charge in [-0.2, -0.15) is 0 Å². The van der Waals surface area contributed by atoms with Crippen molar-refractivity contribution in [3.05, 3.63) is 6.54 Å². The maximum atomic E-state index is 5.22. The molecule has 0 bridgehead atoms. The monoisotopic (exact) mass is 114 g/mol. The SMILES string of the molecule is N[CH]CC1CNCN1. The van der Waals surface area contributed by atoms with Crippen LogP contribution in [-0.2, 0) is 0 Å². The van der Waals surface area contributed by atoms with Gasteiger partial charge in [-0.3, -0.25) is 0 Å². The summed E-state index contributed by atoms with van der Waals surface area (Å²) < 4.78 is 0. The van der Waals surface area contributed by atoms with Crippen LogP contribution in [0.15, 0.2) is 0 Å². The van der Waals surface area contributed by atoms with E-state index in [9.17, 15) is 0 Å². The van der Waals surface area contributed by atoms with Gasteiger partial charge in [0, 0.05) is 25.8 Å². The number of hydrogen-bond acceptors (Lipinski definition) is 3. The molecule has 0 aliphatic carbocycles. The Morgan fingerprint density at radius 2 is 2.62 bits per heavy atom. The van der Waals surface area contributed by atoms with E-state index in [2.05, 4.69) is 10.6 Å². The average Bonchev–Trinajstić information content (AvgIpc) is 2.19. The molecule has 1 unspecified atom stereocenters. The van der Waals surface area contributed by atoms with Crippen molar-refractivity contribution in [2.75, 3.05) is 13.2 Å². The van der Waals surface area contributed by atoms with Gasteiger partial charge in [0.15, 0.2) is 0 Å². The lowest BCUT2D eigenvalue weighted by atomic mass is 10.2. The standard InChI is InChI=1S/C5H12N3/c6-2-1-5-3-7-4-8-5/h2,5,7-8H,1,3-4,6H2. The molecule has 3 heteroatoms. The molecule has 1 fully saturated rings. The highest BCUT2D eigenvalue weighted by atomic mass is 15.2. The zero-order valence-electron chi connectivity index (χ0n) is 4.85. The minimum Gasteiger partial charge on any atom is -0.326 e. The number of rotatable bonds is 2. The van der Waals surface area contributed by atoms with Crippen molar-refractivity contribution in [1.29, 1.82) is 0 Å². The van der Waals surface area contributed by atoms with Crippen molar-refractivity contribution in [2.24, 2.45) is 5.73 Å².